The van der Waals surface area contributed by atoms with Crippen LogP contribution in [0.5, 0.6) is 0 Å². The predicted molar refractivity (Wildman–Crippen MR) is 136 cm³/mol. The van der Waals surface area contributed by atoms with Gasteiger partial charge < -0.3 is 105 Å². The first-order valence-electron chi connectivity index (χ1n) is 14.0. The topological polar surface area (TPSA) is 359 Å². The van der Waals surface area contributed by atoms with Gasteiger partial charge in [-0.2, -0.15) is 0 Å². The first-order chi connectivity index (χ1) is 21.2. The number of ether oxygens (including phenoxy) is 6. The van der Waals surface area contributed by atoms with Crippen LogP contribution >= 0.6 is 0 Å². The maximum Gasteiger partial charge on any atom is 0.187 e. The lowest BCUT2D eigenvalue weighted by atomic mass is 9.96. The Labute approximate surface area is 255 Å². The summed E-state index contributed by atoms with van der Waals surface area (Å²) in [5.41, 5.74) is 0. The average Bonchev–Trinajstić information content (AvgIpc) is 3.04. The molecule has 3 heterocycles. The molecule has 15 N–H and O–H groups in total. The van der Waals surface area contributed by atoms with Gasteiger partial charge >= 0.3 is 0 Å². The van der Waals surface area contributed by atoms with Crippen LogP contribution in [0.2, 0.25) is 0 Å². The van der Waals surface area contributed by atoms with Crippen molar-refractivity contribution in [2.45, 2.75) is 117 Å². The molecule has 3 fully saturated rings. The van der Waals surface area contributed by atoms with Crippen molar-refractivity contribution in [3.05, 3.63) is 0 Å². The highest BCUT2D eigenvalue weighted by Gasteiger charge is 2.54. The van der Waals surface area contributed by atoms with Crippen molar-refractivity contribution in [3.8, 4) is 0 Å². The lowest BCUT2D eigenvalue weighted by Crippen LogP contribution is -2.67. The summed E-state index contributed by atoms with van der Waals surface area (Å²) in [5.74, 6) is 0. The molecule has 21 nitrogen and oxygen atoms in total. The summed E-state index contributed by atoms with van der Waals surface area (Å²) < 4.78 is 32.4. The molecule has 19 unspecified atom stereocenters. The van der Waals surface area contributed by atoms with Crippen LogP contribution in [0.3, 0.4) is 0 Å². The summed E-state index contributed by atoms with van der Waals surface area (Å²) in [6.45, 7) is -4.63. The molecule has 3 aliphatic heterocycles. The number of aliphatic hydroxyl groups is 15. The van der Waals surface area contributed by atoms with Crippen molar-refractivity contribution in [1.82, 2.24) is 0 Å². The van der Waals surface area contributed by atoms with Crippen molar-refractivity contribution in [2.24, 2.45) is 0 Å². The second-order valence-corrected chi connectivity index (χ2v) is 10.9. The zero-order chi connectivity index (χ0) is 33.7. The van der Waals surface area contributed by atoms with Gasteiger partial charge in [0.05, 0.1) is 33.0 Å². The van der Waals surface area contributed by atoms with Crippen LogP contribution in [0.1, 0.15) is 0 Å². The first-order valence-corrected chi connectivity index (χ1v) is 14.0. The zero-order valence-corrected chi connectivity index (χ0v) is 23.7. The average molecular weight is 669 g/mol. The van der Waals surface area contributed by atoms with Crippen molar-refractivity contribution >= 4 is 0 Å². The van der Waals surface area contributed by atoms with Crippen molar-refractivity contribution in [2.75, 3.05) is 33.0 Å². The minimum Gasteiger partial charge on any atom is -0.394 e. The summed E-state index contributed by atoms with van der Waals surface area (Å²) >= 11 is 0. The molecule has 0 amide bonds. The molecule has 21 heteroatoms. The van der Waals surface area contributed by atoms with Crippen LogP contribution < -0.4 is 0 Å². The van der Waals surface area contributed by atoms with Gasteiger partial charge in [-0.05, 0) is 0 Å². The fourth-order valence-electron chi connectivity index (χ4n) is 5.14. The van der Waals surface area contributed by atoms with Gasteiger partial charge in [0.25, 0.3) is 0 Å². The Morgan fingerprint density at radius 2 is 0.867 bits per heavy atom. The van der Waals surface area contributed by atoms with Crippen LogP contribution in [-0.4, -0.2) is 226 Å². The maximum atomic E-state index is 10.8. The van der Waals surface area contributed by atoms with E-state index in [2.05, 4.69) is 0 Å². The van der Waals surface area contributed by atoms with E-state index in [1.807, 2.05) is 0 Å². The molecule has 0 aromatic carbocycles. The van der Waals surface area contributed by atoms with Gasteiger partial charge in [0.1, 0.15) is 97.7 Å². The molecule has 19 atom stereocenters. The van der Waals surface area contributed by atoms with Crippen LogP contribution in [-0.2, 0) is 28.4 Å². The lowest BCUT2D eigenvalue weighted by molar-refractivity contribution is -0.383. The second-order valence-electron chi connectivity index (χ2n) is 10.9. The smallest absolute Gasteiger partial charge is 0.187 e. The van der Waals surface area contributed by atoms with Gasteiger partial charge in [0.15, 0.2) is 18.9 Å². The quantitative estimate of drug-likeness (QED) is 0.0816. The number of hydrogen-bond donors (Lipinski definition) is 15. The molecular weight excluding hydrogens is 624 g/mol. The van der Waals surface area contributed by atoms with E-state index in [0.717, 1.165) is 0 Å². The first kappa shape index (κ1) is 38.6. The van der Waals surface area contributed by atoms with Crippen LogP contribution in [0.15, 0.2) is 0 Å². The van der Waals surface area contributed by atoms with Crippen LogP contribution in [0.25, 0.3) is 0 Å². The van der Waals surface area contributed by atoms with Crippen molar-refractivity contribution < 1.29 is 105 Å². The fraction of sp³-hybridized carbons (Fsp3) is 1.00. The Morgan fingerprint density at radius 3 is 1.31 bits per heavy atom. The predicted octanol–water partition coefficient (Wildman–Crippen LogP) is -10.1. The molecule has 3 aliphatic rings. The van der Waals surface area contributed by atoms with E-state index in [4.69, 9.17) is 33.5 Å². The van der Waals surface area contributed by atoms with Gasteiger partial charge in [-0.3, -0.25) is 0 Å². The van der Waals surface area contributed by atoms with Crippen molar-refractivity contribution in [3.63, 3.8) is 0 Å². The highest BCUT2D eigenvalue weighted by Crippen LogP contribution is 2.33. The third-order valence-corrected chi connectivity index (χ3v) is 7.85. The highest BCUT2D eigenvalue weighted by atomic mass is 16.8. The summed E-state index contributed by atoms with van der Waals surface area (Å²) in [7, 11) is 0. The summed E-state index contributed by atoms with van der Waals surface area (Å²) in [6.07, 6.45) is -34.8. The number of hydrogen-bond acceptors (Lipinski definition) is 21. The van der Waals surface area contributed by atoms with E-state index in [0.29, 0.717) is 0 Å². The fourth-order valence-corrected chi connectivity index (χ4v) is 5.14. The molecule has 45 heavy (non-hydrogen) atoms. The van der Waals surface area contributed by atoms with E-state index in [1.165, 1.54) is 0 Å². The summed E-state index contributed by atoms with van der Waals surface area (Å²) in [5, 5.41) is 151. The Kier molecular flexibility index (Phi) is 14.6. The Morgan fingerprint density at radius 1 is 0.467 bits per heavy atom. The molecule has 0 aromatic heterocycles. The van der Waals surface area contributed by atoms with Gasteiger partial charge in [-0.1, -0.05) is 0 Å². The van der Waals surface area contributed by atoms with E-state index in [-0.39, 0.29) is 0 Å². The normalized spacial score (nSPS) is 45.5. The van der Waals surface area contributed by atoms with Gasteiger partial charge in [0.2, 0.25) is 0 Å². The Bertz CT molecular complexity index is 867. The van der Waals surface area contributed by atoms with E-state index in [1.54, 1.807) is 0 Å². The zero-order valence-electron chi connectivity index (χ0n) is 23.7. The molecule has 0 radical (unpaired) electrons. The Hall–Kier alpha value is -0.840. The van der Waals surface area contributed by atoms with E-state index in [9.17, 15) is 71.5 Å². The van der Waals surface area contributed by atoms with Gasteiger partial charge in [0, 0.05) is 0 Å². The lowest BCUT2D eigenvalue weighted by Gasteiger charge is -2.48. The van der Waals surface area contributed by atoms with Gasteiger partial charge in [-0.25, -0.2) is 0 Å². The molecule has 0 bridgehead atoms. The van der Waals surface area contributed by atoms with E-state index >= 15 is 0 Å². The molecule has 266 valence electrons. The minimum absolute atomic E-state index is 0.792. The molecule has 0 saturated carbocycles. The third-order valence-electron chi connectivity index (χ3n) is 7.85. The second kappa shape index (κ2) is 17.0. The highest BCUT2D eigenvalue weighted by molar-refractivity contribution is 4.97. The van der Waals surface area contributed by atoms with E-state index < -0.39 is 150 Å². The third kappa shape index (κ3) is 8.43. The molecule has 0 aliphatic carbocycles. The standard InChI is InChI=1S/C24H44O21/c25-1-6(30)11(32)19(7(31)2-26)43-23-17(38)14(35)21(9(4-28)41-23)45-24-18(39)15(36)20(10(5-29)42-24)44-22-16(37)13(34)12(33)8(3-27)40-22/h6-39H,1-5H2. The summed E-state index contributed by atoms with van der Waals surface area (Å²) in [4.78, 5) is 0. The minimum atomic E-state index is -2.08. The van der Waals surface area contributed by atoms with Crippen LogP contribution in [0, 0.1) is 0 Å². The molecular formula is C24H44O21. The molecule has 0 aromatic rings. The van der Waals surface area contributed by atoms with Gasteiger partial charge in [-0.15, -0.1) is 0 Å². The molecule has 3 saturated heterocycles. The maximum absolute atomic E-state index is 10.8. The van der Waals surface area contributed by atoms with Crippen LogP contribution in [0.4, 0.5) is 0 Å². The monoisotopic (exact) mass is 668 g/mol. The van der Waals surface area contributed by atoms with Crippen molar-refractivity contribution in [1.29, 1.82) is 0 Å². The molecule has 3 rings (SSSR count). The molecule has 0 spiro atoms. The number of aliphatic hydroxyl groups excluding tert-OH is 15. The number of rotatable bonds is 14. The summed E-state index contributed by atoms with van der Waals surface area (Å²) in [6, 6.07) is 0. The largest absolute Gasteiger partial charge is 0.394 e. The Balaban J connectivity index is 1.72. The SMILES string of the molecule is OCC(O)C(O)C(OC1OC(CO)C(OC2OC(CO)C(OC3OC(CO)C(O)C(O)C3O)C(O)C2O)C(O)C1O)C(O)CO.